The van der Waals surface area contributed by atoms with Gasteiger partial charge < -0.3 is 9.97 Å². The molecule has 0 bridgehead atoms. The van der Waals surface area contributed by atoms with Gasteiger partial charge in [0.25, 0.3) is 0 Å². The molecule has 0 aliphatic rings. The molecule has 4 aromatic carbocycles. The Bertz CT molecular complexity index is 2140. The summed E-state index contributed by atoms with van der Waals surface area (Å²) < 4.78 is 2.59. The Hall–Kier alpha value is -3.73. The molecule has 0 fully saturated rings. The standard InChI is InChI=1S/C30H28NS.C14H16NSi.Ir/c1-5-21(6-2)23-12-13-31-28(17-23)27-9-7-8-26-25-11-10-22(18-29(25)32-30(26)27)24-15-19(3)14-20(4)16-24;1-16(2,3)13-9-10-14(15-11-13)12-7-5-4-6-8-12;/h7-8,10-18,21H,5-6H2,1-4H3;4-7,9-11H,1-3H3;/q2*-1;. The Balaban J connectivity index is 0.000000233. The van der Waals surface area contributed by atoms with Crippen LogP contribution < -0.4 is 5.19 Å². The summed E-state index contributed by atoms with van der Waals surface area (Å²) in [7, 11) is -1.23. The van der Waals surface area contributed by atoms with Gasteiger partial charge in [0.1, 0.15) is 0 Å². The third kappa shape index (κ3) is 8.36. The van der Waals surface area contributed by atoms with Gasteiger partial charge >= 0.3 is 0 Å². The van der Waals surface area contributed by atoms with E-state index in [0.29, 0.717) is 5.92 Å². The van der Waals surface area contributed by atoms with E-state index in [1.165, 1.54) is 53.2 Å². The van der Waals surface area contributed by atoms with E-state index in [0.717, 1.165) is 35.4 Å². The van der Waals surface area contributed by atoms with Crippen molar-refractivity contribution in [3.05, 3.63) is 138 Å². The van der Waals surface area contributed by atoms with E-state index in [1.54, 1.807) is 0 Å². The Kier molecular flexibility index (Phi) is 11.8. The van der Waals surface area contributed by atoms with Gasteiger partial charge in [-0.1, -0.05) is 104 Å². The Morgan fingerprint density at radius 1 is 0.714 bits per heavy atom. The van der Waals surface area contributed by atoms with Crippen LogP contribution in [0, 0.1) is 26.0 Å². The van der Waals surface area contributed by atoms with E-state index in [2.05, 4.69) is 131 Å². The molecule has 7 rings (SSSR count). The quantitative estimate of drug-likeness (QED) is 0.118. The van der Waals surface area contributed by atoms with E-state index in [4.69, 9.17) is 4.98 Å². The number of thiophene rings is 1. The second-order valence-corrected chi connectivity index (χ2v) is 19.9. The van der Waals surface area contributed by atoms with Gasteiger partial charge in [-0.15, -0.1) is 59.7 Å². The summed E-state index contributed by atoms with van der Waals surface area (Å²) >= 11 is 1.85. The molecular weight excluding hydrogens is 809 g/mol. The van der Waals surface area contributed by atoms with Crippen LogP contribution in [0.15, 0.2) is 109 Å². The van der Waals surface area contributed by atoms with Crippen LogP contribution in [0.1, 0.15) is 49.3 Å². The molecule has 0 saturated carbocycles. The van der Waals surface area contributed by atoms with Crippen molar-refractivity contribution in [3.63, 3.8) is 0 Å². The zero-order valence-electron chi connectivity index (χ0n) is 29.5. The third-order valence-electron chi connectivity index (χ3n) is 9.10. The van der Waals surface area contributed by atoms with E-state index in [9.17, 15) is 0 Å². The molecule has 3 heterocycles. The number of benzene rings is 4. The van der Waals surface area contributed by atoms with E-state index >= 15 is 0 Å². The number of hydrogen-bond donors (Lipinski definition) is 0. The smallest absolute Gasteiger partial charge is 0.0795 e. The SMILES string of the molecule is CCC(CC)c1ccnc(-c2[c-]ccc3c2sc2cc(-c4cc(C)cc(C)c4)ccc23)c1.C[Si](C)(C)c1ccc(-c2[c-]cccc2)nc1.[Ir]. The minimum absolute atomic E-state index is 0. The minimum Gasteiger partial charge on any atom is -0.305 e. The van der Waals surface area contributed by atoms with Gasteiger partial charge in [0.2, 0.25) is 0 Å². The Labute approximate surface area is 311 Å². The molecule has 0 aliphatic carbocycles. The van der Waals surface area contributed by atoms with Crippen molar-refractivity contribution in [2.45, 2.75) is 66.1 Å². The average molecular weight is 853 g/mol. The molecule has 49 heavy (non-hydrogen) atoms. The first kappa shape index (κ1) is 36.5. The molecule has 0 amide bonds. The summed E-state index contributed by atoms with van der Waals surface area (Å²) in [4.78, 5) is 9.26. The first-order valence-electron chi connectivity index (χ1n) is 17.0. The van der Waals surface area contributed by atoms with Crippen LogP contribution in [0.5, 0.6) is 0 Å². The van der Waals surface area contributed by atoms with Gasteiger partial charge in [-0.05, 0) is 82.5 Å². The fourth-order valence-electron chi connectivity index (χ4n) is 6.40. The van der Waals surface area contributed by atoms with Gasteiger partial charge in [0.15, 0.2) is 0 Å². The molecule has 251 valence electrons. The summed E-state index contributed by atoms with van der Waals surface area (Å²) in [6, 6.07) is 41.3. The normalized spacial score (nSPS) is 11.3. The number of aromatic nitrogens is 2. The fraction of sp³-hybridized carbons (Fsp3) is 0.227. The van der Waals surface area contributed by atoms with Crippen LogP contribution in [0.3, 0.4) is 0 Å². The van der Waals surface area contributed by atoms with Crippen LogP contribution >= 0.6 is 11.3 Å². The molecule has 0 saturated heterocycles. The largest absolute Gasteiger partial charge is 0.305 e. The average Bonchev–Trinajstić information content (AvgIpc) is 3.47. The van der Waals surface area contributed by atoms with E-state index in [-0.39, 0.29) is 20.1 Å². The molecule has 7 aromatic rings. The zero-order chi connectivity index (χ0) is 33.8. The molecule has 5 heteroatoms. The minimum atomic E-state index is -1.23. The second kappa shape index (κ2) is 15.9. The molecule has 1 radical (unpaired) electrons. The van der Waals surface area contributed by atoms with Crippen molar-refractivity contribution in [2.24, 2.45) is 0 Å². The maximum atomic E-state index is 4.74. The molecule has 0 unspecified atom stereocenters. The topological polar surface area (TPSA) is 25.8 Å². The third-order valence-corrected chi connectivity index (χ3v) is 12.3. The fourth-order valence-corrected chi connectivity index (χ4v) is 8.68. The number of fused-ring (bicyclic) bond motifs is 3. The van der Waals surface area contributed by atoms with Crippen molar-refractivity contribution in [2.75, 3.05) is 0 Å². The molecule has 0 spiro atoms. The number of hydrogen-bond acceptors (Lipinski definition) is 3. The van der Waals surface area contributed by atoms with Gasteiger partial charge in [0.05, 0.1) is 8.07 Å². The maximum absolute atomic E-state index is 4.74. The zero-order valence-corrected chi connectivity index (χ0v) is 33.7. The summed E-state index contributed by atoms with van der Waals surface area (Å²) in [6.07, 6.45) is 6.28. The summed E-state index contributed by atoms with van der Waals surface area (Å²) in [5, 5.41) is 4.00. The number of pyridine rings is 2. The van der Waals surface area contributed by atoms with E-state index in [1.807, 2.05) is 54.1 Å². The van der Waals surface area contributed by atoms with Gasteiger partial charge in [-0.25, -0.2) is 0 Å². The first-order valence-corrected chi connectivity index (χ1v) is 21.3. The summed E-state index contributed by atoms with van der Waals surface area (Å²) in [6.45, 7) is 15.9. The first-order chi connectivity index (χ1) is 23.1. The number of rotatable bonds is 7. The van der Waals surface area contributed by atoms with Crippen molar-refractivity contribution in [3.8, 4) is 33.6 Å². The van der Waals surface area contributed by atoms with Crippen LogP contribution in [-0.2, 0) is 20.1 Å². The van der Waals surface area contributed by atoms with E-state index < -0.39 is 8.07 Å². The van der Waals surface area contributed by atoms with Crippen LogP contribution in [0.25, 0.3) is 53.8 Å². The summed E-state index contributed by atoms with van der Waals surface area (Å²) in [5.41, 5.74) is 10.7. The molecule has 2 nitrogen and oxygen atoms in total. The van der Waals surface area contributed by atoms with Crippen LogP contribution in [-0.4, -0.2) is 18.0 Å². The Morgan fingerprint density at radius 3 is 2.14 bits per heavy atom. The monoisotopic (exact) mass is 853 g/mol. The van der Waals surface area contributed by atoms with Crippen molar-refractivity contribution < 1.29 is 20.1 Å². The van der Waals surface area contributed by atoms with Crippen LogP contribution in [0.2, 0.25) is 19.6 Å². The molecular formula is C44H44IrN2SSi-2. The number of nitrogens with zero attached hydrogens (tertiary/aromatic N) is 2. The maximum Gasteiger partial charge on any atom is 0.0795 e. The Morgan fingerprint density at radius 2 is 1.49 bits per heavy atom. The second-order valence-electron chi connectivity index (χ2n) is 13.7. The van der Waals surface area contributed by atoms with Gasteiger partial charge in [-0.3, -0.25) is 0 Å². The van der Waals surface area contributed by atoms with Crippen molar-refractivity contribution in [1.29, 1.82) is 0 Å². The predicted molar refractivity (Wildman–Crippen MR) is 211 cm³/mol. The van der Waals surface area contributed by atoms with Gasteiger partial charge in [0, 0.05) is 37.2 Å². The van der Waals surface area contributed by atoms with Crippen molar-refractivity contribution >= 4 is 44.8 Å². The van der Waals surface area contributed by atoms with Crippen molar-refractivity contribution in [1.82, 2.24) is 9.97 Å². The molecule has 0 atom stereocenters. The van der Waals surface area contributed by atoms with Gasteiger partial charge in [-0.2, -0.15) is 11.3 Å². The predicted octanol–water partition coefficient (Wildman–Crippen LogP) is 12.2. The molecule has 0 N–H and O–H groups in total. The van der Waals surface area contributed by atoms with Crippen LogP contribution in [0.4, 0.5) is 0 Å². The summed E-state index contributed by atoms with van der Waals surface area (Å²) in [5.74, 6) is 0.582. The molecule has 3 aromatic heterocycles. The number of aryl methyl sites for hydroxylation is 2. The molecule has 0 aliphatic heterocycles.